The molecule has 0 atom stereocenters. The monoisotopic (exact) mass is 415 g/mol. The maximum Gasteiger partial charge on any atom is 0.335 e. The van der Waals surface area contributed by atoms with E-state index < -0.39 is 5.97 Å². The first-order valence-corrected chi connectivity index (χ1v) is 5.49. The van der Waals surface area contributed by atoms with Gasteiger partial charge in [-0.05, 0) is 62.8 Å². The summed E-state index contributed by atoms with van der Waals surface area (Å²) >= 11 is 3.87. The van der Waals surface area contributed by atoms with Crippen molar-refractivity contribution in [1.29, 1.82) is 0 Å². The highest BCUT2D eigenvalue weighted by Crippen LogP contribution is 2.29. The highest BCUT2D eigenvalue weighted by Gasteiger charge is 2.09. The molecule has 0 bridgehead atoms. The van der Waals surface area contributed by atoms with Crippen LogP contribution in [0.15, 0.2) is 17.2 Å². The van der Waals surface area contributed by atoms with Gasteiger partial charge in [-0.2, -0.15) is 0 Å². The van der Waals surface area contributed by atoms with Gasteiger partial charge in [-0.1, -0.05) is 5.11 Å². The molecule has 7 heteroatoms. The van der Waals surface area contributed by atoms with Crippen LogP contribution in [-0.4, -0.2) is 11.1 Å². The van der Waals surface area contributed by atoms with Crippen LogP contribution in [-0.2, 0) is 0 Å². The van der Waals surface area contributed by atoms with E-state index >= 15 is 0 Å². The second-order valence-electron chi connectivity index (χ2n) is 2.28. The van der Waals surface area contributed by atoms with Crippen LogP contribution in [0.5, 0.6) is 0 Å². The quantitative estimate of drug-likeness (QED) is 0.347. The van der Waals surface area contributed by atoms with Crippen molar-refractivity contribution in [2.75, 3.05) is 0 Å². The molecule has 1 aromatic carbocycles. The van der Waals surface area contributed by atoms with Gasteiger partial charge >= 0.3 is 5.97 Å². The minimum Gasteiger partial charge on any atom is -0.478 e. The summed E-state index contributed by atoms with van der Waals surface area (Å²) in [7, 11) is 0. The zero-order valence-electron chi connectivity index (χ0n) is 6.61. The summed E-state index contributed by atoms with van der Waals surface area (Å²) in [5.41, 5.74) is 8.94. The topological polar surface area (TPSA) is 86.1 Å². The second-order valence-corrected chi connectivity index (χ2v) is 4.61. The molecule has 1 N–H and O–H groups in total. The fraction of sp³-hybridized carbons (Fsp3) is 0. The molecule has 0 spiro atoms. The molecule has 0 aliphatic rings. The van der Waals surface area contributed by atoms with Crippen molar-refractivity contribution in [1.82, 2.24) is 0 Å². The van der Waals surface area contributed by atoms with Crippen LogP contribution in [0.25, 0.3) is 10.4 Å². The Hall–Kier alpha value is -0.540. The van der Waals surface area contributed by atoms with Crippen LogP contribution in [0.1, 0.15) is 10.4 Å². The van der Waals surface area contributed by atoms with E-state index in [1.54, 1.807) is 0 Å². The largest absolute Gasteiger partial charge is 0.478 e. The van der Waals surface area contributed by atoms with Gasteiger partial charge in [0.1, 0.15) is 0 Å². The van der Waals surface area contributed by atoms with Crippen LogP contribution < -0.4 is 0 Å². The Bertz CT molecular complexity index is 418. The minimum atomic E-state index is -0.992. The zero-order valence-corrected chi connectivity index (χ0v) is 10.9. The average molecular weight is 415 g/mol. The number of rotatable bonds is 2. The lowest BCUT2D eigenvalue weighted by Crippen LogP contribution is -1.97. The molecular weight excluding hydrogens is 412 g/mol. The van der Waals surface area contributed by atoms with E-state index in [4.69, 9.17) is 10.6 Å². The summed E-state index contributed by atoms with van der Waals surface area (Å²) < 4.78 is 1.26. The molecule has 5 nitrogen and oxygen atoms in total. The molecule has 0 unspecified atom stereocenters. The van der Waals surface area contributed by atoms with Gasteiger partial charge in [-0.25, -0.2) is 4.79 Å². The lowest BCUT2D eigenvalue weighted by molar-refractivity contribution is 0.0697. The number of hydrogen-bond acceptors (Lipinski definition) is 2. The number of benzene rings is 1. The third kappa shape index (κ3) is 2.49. The highest BCUT2D eigenvalue weighted by atomic mass is 127. The van der Waals surface area contributed by atoms with E-state index in [0.717, 1.165) is 0 Å². The molecule has 0 saturated carbocycles. The number of aromatic carboxylic acids is 1. The average Bonchev–Trinajstić information content (AvgIpc) is 2.10. The number of halogens is 2. The Kier molecular flexibility index (Phi) is 3.96. The Morgan fingerprint density at radius 2 is 1.93 bits per heavy atom. The molecule has 0 heterocycles. The van der Waals surface area contributed by atoms with Crippen LogP contribution >= 0.6 is 45.2 Å². The molecule has 0 aromatic heterocycles. The van der Waals surface area contributed by atoms with E-state index in [-0.39, 0.29) is 5.56 Å². The van der Waals surface area contributed by atoms with Crippen molar-refractivity contribution in [2.45, 2.75) is 0 Å². The van der Waals surface area contributed by atoms with Gasteiger partial charge in [0.05, 0.1) is 11.3 Å². The SMILES string of the molecule is [N-]=[N+]=Nc1c(I)cc(C(=O)O)cc1I. The summed E-state index contributed by atoms with van der Waals surface area (Å²) in [6, 6.07) is 2.93. The molecular formula is C7H3I2N3O2. The van der Waals surface area contributed by atoms with Crippen molar-refractivity contribution >= 4 is 56.8 Å². The minimum absolute atomic E-state index is 0.190. The normalized spacial score (nSPS) is 9.29. The fourth-order valence-electron chi connectivity index (χ4n) is 0.829. The maximum atomic E-state index is 10.7. The van der Waals surface area contributed by atoms with Gasteiger partial charge in [-0.15, -0.1) is 0 Å². The summed E-state index contributed by atoms with van der Waals surface area (Å²) in [6.07, 6.45) is 0. The van der Waals surface area contributed by atoms with Crippen molar-refractivity contribution in [2.24, 2.45) is 5.11 Å². The number of azide groups is 1. The maximum absolute atomic E-state index is 10.7. The second kappa shape index (κ2) is 4.80. The molecule has 1 aromatic rings. The first-order chi connectivity index (χ1) is 6.56. The van der Waals surface area contributed by atoms with Gasteiger partial charge in [0, 0.05) is 12.1 Å². The Morgan fingerprint density at radius 1 is 1.43 bits per heavy atom. The van der Waals surface area contributed by atoms with Crippen LogP contribution in [0.2, 0.25) is 0 Å². The summed E-state index contributed by atoms with van der Waals surface area (Å²) in [5, 5.41) is 12.2. The molecule has 0 saturated heterocycles. The Labute approximate surface area is 106 Å². The lowest BCUT2D eigenvalue weighted by Gasteiger charge is -2.02. The van der Waals surface area contributed by atoms with Gasteiger partial charge in [0.15, 0.2) is 0 Å². The van der Waals surface area contributed by atoms with Crippen LogP contribution in [0.4, 0.5) is 5.69 Å². The predicted molar refractivity (Wildman–Crippen MR) is 67.6 cm³/mol. The van der Waals surface area contributed by atoms with E-state index in [1.165, 1.54) is 12.1 Å². The number of carboxylic acid groups (broad SMARTS) is 1. The van der Waals surface area contributed by atoms with Gasteiger partial charge < -0.3 is 5.11 Å². The third-order valence-electron chi connectivity index (χ3n) is 1.41. The number of carboxylic acids is 1. The molecule has 0 fully saturated rings. The molecule has 72 valence electrons. The van der Waals surface area contributed by atoms with Crippen molar-refractivity contribution < 1.29 is 9.90 Å². The van der Waals surface area contributed by atoms with Crippen molar-refractivity contribution in [3.05, 3.63) is 35.3 Å². The lowest BCUT2D eigenvalue weighted by atomic mass is 10.2. The predicted octanol–water partition coefficient (Wildman–Crippen LogP) is 3.54. The van der Waals surface area contributed by atoms with E-state index in [0.29, 0.717) is 12.8 Å². The van der Waals surface area contributed by atoms with Crippen LogP contribution in [0, 0.1) is 7.14 Å². The van der Waals surface area contributed by atoms with Gasteiger partial charge in [0.25, 0.3) is 0 Å². The highest BCUT2D eigenvalue weighted by molar-refractivity contribution is 14.1. The molecule has 14 heavy (non-hydrogen) atoms. The molecule has 1 rings (SSSR count). The zero-order chi connectivity index (χ0) is 10.7. The van der Waals surface area contributed by atoms with Crippen molar-refractivity contribution in [3.8, 4) is 0 Å². The Balaban J connectivity index is 3.39. The molecule has 0 amide bonds. The Morgan fingerprint density at radius 3 is 2.29 bits per heavy atom. The smallest absolute Gasteiger partial charge is 0.335 e. The molecule has 0 radical (unpaired) electrons. The van der Waals surface area contributed by atoms with E-state index in [1.807, 2.05) is 45.2 Å². The fourth-order valence-corrected chi connectivity index (χ4v) is 2.81. The first kappa shape index (κ1) is 11.5. The number of nitrogens with zero attached hydrogens (tertiary/aromatic N) is 3. The standard InChI is InChI=1S/C7H3I2N3O2/c8-4-1-3(7(13)14)2-5(9)6(4)11-12-10/h1-2H,(H,13,14). The van der Waals surface area contributed by atoms with Gasteiger partial charge in [-0.3, -0.25) is 0 Å². The third-order valence-corrected chi connectivity index (χ3v) is 3.05. The van der Waals surface area contributed by atoms with E-state index in [9.17, 15) is 4.79 Å². The summed E-state index contributed by atoms with van der Waals surface area (Å²) in [6.45, 7) is 0. The number of hydrogen-bond donors (Lipinski definition) is 1. The first-order valence-electron chi connectivity index (χ1n) is 3.33. The van der Waals surface area contributed by atoms with Gasteiger partial charge in [0.2, 0.25) is 0 Å². The molecule has 0 aliphatic carbocycles. The summed E-state index contributed by atoms with van der Waals surface area (Å²) in [4.78, 5) is 13.3. The molecule has 0 aliphatic heterocycles. The summed E-state index contributed by atoms with van der Waals surface area (Å²) in [5.74, 6) is -0.992. The van der Waals surface area contributed by atoms with Crippen LogP contribution in [0.3, 0.4) is 0 Å². The van der Waals surface area contributed by atoms with E-state index in [2.05, 4.69) is 10.0 Å². The number of carbonyl (C=O) groups is 1. The van der Waals surface area contributed by atoms with Crippen molar-refractivity contribution in [3.63, 3.8) is 0 Å².